The van der Waals surface area contributed by atoms with E-state index < -0.39 is 23.0 Å². The van der Waals surface area contributed by atoms with Crippen LogP contribution in [-0.2, 0) is 16.0 Å². The molecule has 0 bridgehead atoms. The van der Waals surface area contributed by atoms with Gasteiger partial charge in [-0.2, -0.15) is 0 Å². The third-order valence-corrected chi connectivity index (χ3v) is 7.12. The number of carbonyl (C=O) groups excluding carboxylic acids is 1. The first-order chi connectivity index (χ1) is 15.4. The van der Waals surface area contributed by atoms with E-state index in [0.29, 0.717) is 11.1 Å². The molecule has 0 saturated carbocycles. The van der Waals surface area contributed by atoms with Crippen LogP contribution in [0.3, 0.4) is 0 Å². The molecule has 2 aliphatic rings. The zero-order valence-electron chi connectivity index (χ0n) is 17.4. The molecule has 3 nitrogen and oxygen atoms in total. The Labute approximate surface area is 198 Å². The molecule has 0 aliphatic heterocycles. The second-order valence-electron chi connectivity index (χ2n) is 8.22. The van der Waals surface area contributed by atoms with Gasteiger partial charge in [0.25, 0.3) is 0 Å². The maximum absolute atomic E-state index is 13.2. The lowest BCUT2D eigenvalue weighted by Crippen LogP contribution is -2.39. The Hall–Kier alpha value is -2.43. The van der Waals surface area contributed by atoms with Crippen molar-refractivity contribution in [2.75, 3.05) is 0 Å². The Morgan fingerprint density at radius 1 is 0.719 bits per heavy atom. The number of ketones is 1. The van der Waals surface area contributed by atoms with Crippen molar-refractivity contribution in [1.29, 1.82) is 0 Å². The van der Waals surface area contributed by atoms with E-state index in [4.69, 9.17) is 23.2 Å². The number of allylic oxidation sites excluding steroid dienone is 4. The van der Waals surface area contributed by atoms with Gasteiger partial charge in [-0.3, -0.25) is 4.79 Å². The number of Topliss-reactive ketones (excluding diaryl/α,β-unsaturated/α-hetero) is 1. The Morgan fingerprint density at radius 2 is 1.09 bits per heavy atom. The first-order valence-electron chi connectivity index (χ1n) is 10.5. The molecule has 2 aliphatic carbocycles. The second-order valence-corrected chi connectivity index (χ2v) is 9.04. The standard InChI is InChI=1S/C27H24Cl2O3/c28-24-15-7-13-21(26(24,31)19-9-3-1-4-10-19)17-23(30)18-22-14-8-16-25(29)27(22,32)20-11-5-2-6-12-20/h1-16,21-22,31-32H,17-18H2. The number of carbonyl (C=O) groups is 1. The number of halogens is 2. The Bertz CT molecular complexity index is 1020. The minimum atomic E-state index is -1.48. The fourth-order valence-corrected chi connectivity index (χ4v) is 5.17. The van der Waals surface area contributed by atoms with Gasteiger partial charge in [-0.25, -0.2) is 0 Å². The van der Waals surface area contributed by atoms with Crippen molar-refractivity contribution >= 4 is 29.0 Å². The van der Waals surface area contributed by atoms with Gasteiger partial charge in [0.15, 0.2) is 0 Å². The van der Waals surface area contributed by atoms with Gasteiger partial charge in [0.2, 0.25) is 0 Å². The lowest BCUT2D eigenvalue weighted by atomic mass is 9.72. The normalized spacial score (nSPS) is 29.4. The largest absolute Gasteiger partial charge is 0.379 e. The highest BCUT2D eigenvalue weighted by Gasteiger charge is 2.45. The van der Waals surface area contributed by atoms with Crippen LogP contribution in [0.4, 0.5) is 0 Å². The number of hydrogen-bond donors (Lipinski definition) is 2. The van der Waals surface area contributed by atoms with Crippen LogP contribution in [0, 0.1) is 11.8 Å². The molecule has 0 fully saturated rings. The zero-order chi connectivity index (χ0) is 22.8. The summed E-state index contributed by atoms with van der Waals surface area (Å²) < 4.78 is 0. The van der Waals surface area contributed by atoms with Crippen molar-refractivity contribution in [3.63, 3.8) is 0 Å². The number of benzene rings is 2. The van der Waals surface area contributed by atoms with E-state index >= 15 is 0 Å². The lowest BCUT2D eigenvalue weighted by molar-refractivity contribution is -0.123. The Morgan fingerprint density at radius 3 is 1.47 bits per heavy atom. The van der Waals surface area contributed by atoms with Gasteiger partial charge in [-0.1, -0.05) is 108 Å². The minimum Gasteiger partial charge on any atom is -0.379 e. The predicted molar refractivity (Wildman–Crippen MR) is 128 cm³/mol. The molecule has 5 heteroatoms. The fraction of sp³-hybridized carbons (Fsp3) is 0.222. The molecule has 164 valence electrons. The summed E-state index contributed by atoms with van der Waals surface area (Å²) in [6.07, 6.45) is 10.6. The summed E-state index contributed by atoms with van der Waals surface area (Å²) in [6.45, 7) is 0. The van der Waals surface area contributed by atoms with E-state index in [2.05, 4.69) is 0 Å². The summed E-state index contributed by atoms with van der Waals surface area (Å²) in [4.78, 5) is 13.2. The van der Waals surface area contributed by atoms with Crippen LogP contribution in [0.15, 0.2) is 107 Å². The van der Waals surface area contributed by atoms with Crippen molar-refractivity contribution in [3.8, 4) is 0 Å². The van der Waals surface area contributed by atoms with Crippen LogP contribution in [0.1, 0.15) is 24.0 Å². The van der Waals surface area contributed by atoms with E-state index in [1.807, 2.05) is 48.6 Å². The maximum atomic E-state index is 13.2. The topological polar surface area (TPSA) is 57.5 Å². The number of hydrogen-bond acceptors (Lipinski definition) is 3. The molecule has 0 spiro atoms. The van der Waals surface area contributed by atoms with Gasteiger partial charge in [0.05, 0.1) is 10.1 Å². The predicted octanol–water partition coefficient (Wildman–Crippen LogP) is 5.73. The highest BCUT2D eigenvalue weighted by molar-refractivity contribution is 6.31. The van der Waals surface area contributed by atoms with Crippen LogP contribution in [0.25, 0.3) is 0 Å². The van der Waals surface area contributed by atoms with Crippen LogP contribution in [0.2, 0.25) is 0 Å². The van der Waals surface area contributed by atoms with Crippen LogP contribution < -0.4 is 0 Å². The van der Waals surface area contributed by atoms with E-state index in [9.17, 15) is 15.0 Å². The molecular weight excluding hydrogens is 443 g/mol. The summed E-state index contributed by atoms with van der Waals surface area (Å²) in [7, 11) is 0. The number of rotatable bonds is 6. The molecule has 0 aromatic heterocycles. The quantitative estimate of drug-likeness (QED) is 0.571. The SMILES string of the molecule is O=C(CC1C=CC=C(Cl)C1(O)c1ccccc1)CC1C=CC=C(Cl)C1(O)c1ccccc1. The molecule has 4 rings (SSSR count). The van der Waals surface area contributed by atoms with E-state index in [-0.39, 0.29) is 28.7 Å². The Kier molecular flexibility index (Phi) is 6.55. The monoisotopic (exact) mass is 466 g/mol. The summed E-state index contributed by atoms with van der Waals surface area (Å²) in [5.74, 6) is -1.16. The molecule has 4 unspecified atom stereocenters. The van der Waals surface area contributed by atoms with Gasteiger partial charge in [0.1, 0.15) is 17.0 Å². The molecule has 2 aromatic rings. The highest BCUT2D eigenvalue weighted by Crippen LogP contribution is 2.46. The van der Waals surface area contributed by atoms with Gasteiger partial charge in [-0.15, -0.1) is 0 Å². The van der Waals surface area contributed by atoms with Crippen molar-refractivity contribution in [1.82, 2.24) is 0 Å². The van der Waals surface area contributed by atoms with Crippen molar-refractivity contribution in [3.05, 3.63) is 118 Å². The molecule has 0 radical (unpaired) electrons. The van der Waals surface area contributed by atoms with E-state index in [0.717, 1.165) is 0 Å². The summed E-state index contributed by atoms with van der Waals surface area (Å²) in [5, 5.41) is 23.6. The molecule has 0 saturated heterocycles. The average Bonchev–Trinajstić information content (AvgIpc) is 2.81. The van der Waals surface area contributed by atoms with Crippen molar-refractivity contribution in [2.45, 2.75) is 24.0 Å². The van der Waals surface area contributed by atoms with Gasteiger partial charge < -0.3 is 10.2 Å². The summed E-state index contributed by atoms with van der Waals surface area (Å²) >= 11 is 12.9. The molecule has 2 N–H and O–H groups in total. The second kappa shape index (κ2) is 9.21. The van der Waals surface area contributed by atoms with Crippen LogP contribution in [-0.4, -0.2) is 16.0 Å². The summed E-state index contributed by atoms with van der Waals surface area (Å²) in [6, 6.07) is 18.2. The van der Waals surface area contributed by atoms with Crippen molar-refractivity contribution in [2.24, 2.45) is 11.8 Å². The molecule has 0 amide bonds. The van der Waals surface area contributed by atoms with E-state index in [1.165, 1.54) is 0 Å². The summed E-state index contributed by atoms with van der Waals surface area (Å²) in [5.41, 5.74) is -1.70. The molecule has 2 aromatic carbocycles. The third kappa shape index (κ3) is 4.02. The van der Waals surface area contributed by atoms with Crippen molar-refractivity contribution < 1.29 is 15.0 Å². The van der Waals surface area contributed by atoms with Gasteiger partial charge in [0, 0.05) is 24.7 Å². The lowest BCUT2D eigenvalue weighted by Gasteiger charge is -2.38. The maximum Gasteiger partial charge on any atom is 0.134 e. The van der Waals surface area contributed by atoms with Gasteiger partial charge in [-0.05, 0) is 23.3 Å². The molecular formula is C27H24Cl2O3. The minimum absolute atomic E-state index is 0.0719. The molecule has 0 heterocycles. The zero-order valence-corrected chi connectivity index (χ0v) is 18.9. The van der Waals surface area contributed by atoms with Gasteiger partial charge >= 0.3 is 0 Å². The van der Waals surface area contributed by atoms with E-state index in [1.54, 1.807) is 48.6 Å². The molecule has 4 atom stereocenters. The number of aliphatic hydroxyl groups is 2. The first-order valence-corrected chi connectivity index (χ1v) is 11.3. The Balaban J connectivity index is 1.58. The average molecular weight is 467 g/mol. The molecule has 32 heavy (non-hydrogen) atoms. The van der Waals surface area contributed by atoms with Crippen LogP contribution in [0.5, 0.6) is 0 Å². The fourth-order valence-electron chi connectivity index (χ4n) is 4.53. The first kappa shape index (κ1) is 22.8. The smallest absolute Gasteiger partial charge is 0.134 e. The highest BCUT2D eigenvalue weighted by atomic mass is 35.5. The van der Waals surface area contributed by atoms with Crippen LogP contribution >= 0.6 is 23.2 Å². The third-order valence-electron chi connectivity index (χ3n) is 6.30.